The Kier molecular flexibility index (Phi) is 5.69. The van der Waals surface area contributed by atoms with Crippen LogP contribution in [0, 0.1) is 11.8 Å². The molecule has 0 aliphatic rings. The zero-order valence-electron chi connectivity index (χ0n) is 11.6. The van der Waals surface area contributed by atoms with Crippen molar-refractivity contribution in [1.29, 1.82) is 0 Å². The first-order valence-electron chi connectivity index (χ1n) is 6.39. The van der Waals surface area contributed by atoms with Crippen LogP contribution < -0.4 is 4.74 Å². The lowest BCUT2D eigenvalue weighted by Crippen LogP contribution is -2.10. The van der Waals surface area contributed by atoms with Gasteiger partial charge in [0, 0.05) is 0 Å². The molecular formula is C15H22O3. The number of carbonyl (C=O) groups excluding carboxylic acids is 1. The molecule has 0 radical (unpaired) electrons. The monoisotopic (exact) mass is 250 g/mol. The third-order valence-corrected chi connectivity index (χ3v) is 2.22. The molecule has 0 aliphatic carbocycles. The van der Waals surface area contributed by atoms with E-state index in [0.29, 0.717) is 30.6 Å². The topological polar surface area (TPSA) is 35.5 Å². The summed E-state index contributed by atoms with van der Waals surface area (Å²) in [6, 6.07) is 7.07. The van der Waals surface area contributed by atoms with Gasteiger partial charge in [0.2, 0.25) is 0 Å². The van der Waals surface area contributed by atoms with Gasteiger partial charge in [-0.25, -0.2) is 4.79 Å². The molecular weight excluding hydrogens is 228 g/mol. The summed E-state index contributed by atoms with van der Waals surface area (Å²) in [5.41, 5.74) is 0.563. The van der Waals surface area contributed by atoms with Gasteiger partial charge in [-0.2, -0.15) is 0 Å². The van der Waals surface area contributed by atoms with E-state index < -0.39 is 0 Å². The number of rotatable bonds is 6. The summed E-state index contributed by atoms with van der Waals surface area (Å²) in [7, 11) is 0. The molecule has 0 unspecified atom stereocenters. The highest BCUT2D eigenvalue weighted by molar-refractivity contribution is 5.89. The maximum atomic E-state index is 11.7. The second-order valence-corrected chi connectivity index (χ2v) is 5.22. The lowest BCUT2D eigenvalue weighted by molar-refractivity contribution is 0.0459. The number of ether oxygens (including phenoxy) is 2. The second-order valence-electron chi connectivity index (χ2n) is 5.22. The molecule has 0 aliphatic heterocycles. The van der Waals surface area contributed by atoms with Crippen LogP contribution in [-0.2, 0) is 4.74 Å². The van der Waals surface area contributed by atoms with E-state index in [1.807, 2.05) is 13.8 Å². The Bertz CT molecular complexity index is 366. The molecule has 0 saturated heterocycles. The fourth-order valence-corrected chi connectivity index (χ4v) is 1.28. The number of benzene rings is 1. The highest BCUT2D eigenvalue weighted by Crippen LogP contribution is 2.14. The maximum absolute atomic E-state index is 11.7. The molecule has 1 aromatic rings. The summed E-state index contributed by atoms with van der Waals surface area (Å²) >= 11 is 0. The molecule has 3 heteroatoms. The Morgan fingerprint density at radius 2 is 1.56 bits per heavy atom. The normalized spacial score (nSPS) is 10.8. The third kappa shape index (κ3) is 5.21. The van der Waals surface area contributed by atoms with Crippen molar-refractivity contribution in [2.75, 3.05) is 13.2 Å². The summed E-state index contributed by atoms with van der Waals surface area (Å²) < 4.78 is 10.7. The van der Waals surface area contributed by atoms with Crippen molar-refractivity contribution in [2.24, 2.45) is 11.8 Å². The number of hydrogen-bond acceptors (Lipinski definition) is 3. The zero-order chi connectivity index (χ0) is 13.5. The Labute approximate surface area is 109 Å². The molecule has 1 aromatic carbocycles. The van der Waals surface area contributed by atoms with Gasteiger partial charge in [0.25, 0.3) is 0 Å². The number of hydrogen-bond donors (Lipinski definition) is 0. The Hall–Kier alpha value is -1.51. The highest BCUT2D eigenvalue weighted by atomic mass is 16.5. The Balaban J connectivity index is 2.51. The minimum absolute atomic E-state index is 0.279. The summed E-state index contributed by atoms with van der Waals surface area (Å²) in [6.45, 7) is 9.34. The molecule has 0 amide bonds. The molecule has 0 heterocycles. The first-order valence-corrected chi connectivity index (χ1v) is 6.39. The number of carbonyl (C=O) groups is 1. The van der Waals surface area contributed by atoms with Gasteiger partial charge in [-0.3, -0.25) is 0 Å². The van der Waals surface area contributed by atoms with Crippen LogP contribution in [0.3, 0.4) is 0 Å². The standard InChI is InChI=1S/C15H22O3/c1-11(2)9-17-14-7-5-13(6-8-14)15(16)18-10-12(3)4/h5-8,11-12H,9-10H2,1-4H3. The van der Waals surface area contributed by atoms with Crippen LogP contribution in [-0.4, -0.2) is 19.2 Å². The summed E-state index contributed by atoms with van der Waals surface area (Å²) in [5, 5.41) is 0. The average Bonchev–Trinajstić information content (AvgIpc) is 2.34. The smallest absolute Gasteiger partial charge is 0.338 e. The van der Waals surface area contributed by atoms with E-state index in [2.05, 4.69) is 13.8 Å². The van der Waals surface area contributed by atoms with Gasteiger partial charge >= 0.3 is 5.97 Å². The van der Waals surface area contributed by atoms with Crippen molar-refractivity contribution in [1.82, 2.24) is 0 Å². The molecule has 0 spiro atoms. The van der Waals surface area contributed by atoms with Crippen LogP contribution in [0.2, 0.25) is 0 Å². The lowest BCUT2D eigenvalue weighted by atomic mass is 10.2. The largest absolute Gasteiger partial charge is 0.493 e. The van der Waals surface area contributed by atoms with E-state index in [-0.39, 0.29) is 5.97 Å². The van der Waals surface area contributed by atoms with E-state index in [1.165, 1.54) is 0 Å². The first-order chi connectivity index (χ1) is 8.49. The van der Waals surface area contributed by atoms with Gasteiger partial charge in [0.15, 0.2) is 0 Å². The Morgan fingerprint density at radius 3 is 2.06 bits per heavy atom. The van der Waals surface area contributed by atoms with Gasteiger partial charge in [0.05, 0.1) is 18.8 Å². The van der Waals surface area contributed by atoms with Gasteiger partial charge < -0.3 is 9.47 Å². The highest BCUT2D eigenvalue weighted by Gasteiger charge is 2.08. The van der Waals surface area contributed by atoms with Crippen molar-refractivity contribution >= 4 is 5.97 Å². The molecule has 18 heavy (non-hydrogen) atoms. The fraction of sp³-hybridized carbons (Fsp3) is 0.533. The Morgan fingerprint density at radius 1 is 1.00 bits per heavy atom. The zero-order valence-corrected chi connectivity index (χ0v) is 11.6. The summed E-state index contributed by atoms with van der Waals surface area (Å²) in [6.07, 6.45) is 0. The van der Waals surface area contributed by atoms with Crippen LogP contribution in [0.25, 0.3) is 0 Å². The molecule has 0 N–H and O–H groups in total. The molecule has 1 rings (SSSR count). The van der Waals surface area contributed by atoms with Crippen molar-refractivity contribution in [3.8, 4) is 5.75 Å². The molecule has 0 aromatic heterocycles. The molecule has 0 atom stereocenters. The van der Waals surface area contributed by atoms with Gasteiger partial charge in [0.1, 0.15) is 5.75 Å². The molecule has 100 valence electrons. The SMILES string of the molecule is CC(C)COC(=O)c1ccc(OCC(C)C)cc1. The molecule has 0 fully saturated rings. The minimum atomic E-state index is -0.279. The van der Waals surface area contributed by atoms with E-state index in [1.54, 1.807) is 24.3 Å². The van der Waals surface area contributed by atoms with Gasteiger partial charge in [-0.1, -0.05) is 27.7 Å². The van der Waals surface area contributed by atoms with Crippen LogP contribution in [0.1, 0.15) is 38.1 Å². The van der Waals surface area contributed by atoms with E-state index in [9.17, 15) is 4.79 Å². The van der Waals surface area contributed by atoms with E-state index in [4.69, 9.17) is 9.47 Å². The van der Waals surface area contributed by atoms with Crippen molar-refractivity contribution < 1.29 is 14.3 Å². The van der Waals surface area contributed by atoms with Gasteiger partial charge in [-0.05, 0) is 36.1 Å². The van der Waals surface area contributed by atoms with E-state index >= 15 is 0 Å². The summed E-state index contributed by atoms with van der Waals surface area (Å²) in [5.74, 6) is 1.34. The fourth-order valence-electron chi connectivity index (χ4n) is 1.28. The second kappa shape index (κ2) is 7.04. The molecule has 3 nitrogen and oxygen atoms in total. The number of esters is 1. The van der Waals surface area contributed by atoms with Crippen LogP contribution in [0.15, 0.2) is 24.3 Å². The third-order valence-electron chi connectivity index (χ3n) is 2.22. The predicted molar refractivity (Wildman–Crippen MR) is 71.9 cm³/mol. The van der Waals surface area contributed by atoms with Crippen molar-refractivity contribution in [3.63, 3.8) is 0 Å². The predicted octanol–water partition coefficient (Wildman–Crippen LogP) is 3.53. The minimum Gasteiger partial charge on any atom is -0.493 e. The van der Waals surface area contributed by atoms with Crippen LogP contribution >= 0.6 is 0 Å². The van der Waals surface area contributed by atoms with Crippen molar-refractivity contribution in [2.45, 2.75) is 27.7 Å². The van der Waals surface area contributed by atoms with Crippen LogP contribution in [0.4, 0.5) is 0 Å². The lowest BCUT2D eigenvalue weighted by Gasteiger charge is -2.10. The maximum Gasteiger partial charge on any atom is 0.338 e. The average molecular weight is 250 g/mol. The van der Waals surface area contributed by atoms with Crippen LogP contribution in [0.5, 0.6) is 5.75 Å². The summed E-state index contributed by atoms with van der Waals surface area (Å²) in [4.78, 5) is 11.7. The quantitative estimate of drug-likeness (QED) is 0.724. The molecule has 0 saturated carbocycles. The van der Waals surface area contributed by atoms with Crippen molar-refractivity contribution in [3.05, 3.63) is 29.8 Å². The molecule has 0 bridgehead atoms. The first kappa shape index (κ1) is 14.6. The van der Waals surface area contributed by atoms with Gasteiger partial charge in [-0.15, -0.1) is 0 Å². The van der Waals surface area contributed by atoms with E-state index in [0.717, 1.165) is 5.75 Å².